The molecule has 2 aromatic rings. The van der Waals surface area contributed by atoms with E-state index in [2.05, 4.69) is 11.9 Å². The molecule has 2 heteroatoms. The van der Waals surface area contributed by atoms with Crippen LogP contribution in [0.25, 0.3) is 12.2 Å². The zero-order valence-electron chi connectivity index (χ0n) is 9.65. The van der Waals surface area contributed by atoms with Crippen LogP contribution >= 0.6 is 11.6 Å². The molecule has 0 spiro atoms. The molecular weight excluding hydrogens is 230 g/mol. The second-order valence-electron chi connectivity index (χ2n) is 3.85. The summed E-state index contributed by atoms with van der Waals surface area (Å²) in [7, 11) is 0. The van der Waals surface area contributed by atoms with Gasteiger partial charge in [-0.3, -0.25) is 4.98 Å². The maximum atomic E-state index is 6.07. The number of benzene rings is 1. The van der Waals surface area contributed by atoms with E-state index in [1.807, 2.05) is 55.5 Å². The van der Waals surface area contributed by atoms with Gasteiger partial charge in [0, 0.05) is 10.7 Å². The average Bonchev–Trinajstić information content (AvgIpc) is 2.32. The Hall–Kier alpha value is -1.60. The highest BCUT2D eigenvalue weighted by atomic mass is 35.5. The lowest BCUT2D eigenvalue weighted by Gasteiger charge is -2.01. The highest BCUT2D eigenvalue weighted by Crippen LogP contribution is 2.18. The fraction of sp³-hybridized carbons (Fsp3) is 0.0667. The summed E-state index contributed by atoms with van der Waals surface area (Å²) in [5, 5.41) is 0.738. The summed E-state index contributed by atoms with van der Waals surface area (Å²) in [6.07, 6.45) is 3.90. The molecule has 0 unspecified atom stereocenters. The molecule has 0 fully saturated rings. The van der Waals surface area contributed by atoms with Gasteiger partial charge in [0.25, 0.3) is 0 Å². The minimum atomic E-state index is 0.738. The summed E-state index contributed by atoms with van der Waals surface area (Å²) in [6.45, 7) is 5.91. The fourth-order valence-electron chi connectivity index (χ4n) is 1.53. The molecule has 1 heterocycles. The van der Waals surface area contributed by atoms with Gasteiger partial charge in [-0.25, -0.2) is 0 Å². The SMILES string of the molecule is [CH2]c1ccc(C)nc1C=Cc1ccccc1Cl. The van der Waals surface area contributed by atoms with Gasteiger partial charge < -0.3 is 0 Å². The minimum Gasteiger partial charge on any atom is -0.253 e. The zero-order chi connectivity index (χ0) is 12.3. The molecule has 2 rings (SSSR count). The van der Waals surface area contributed by atoms with E-state index < -0.39 is 0 Å². The van der Waals surface area contributed by atoms with Crippen molar-refractivity contribution < 1.29 is 0 Å². The van der Waals surface area contributed by atoms with E-state index in [4.69, 9.17) is 11.6 Å². The van der Waals surface area contributed by atoms with Gasteiger partial charge in [0.1, 0.15) is 0 Å². The standard InChI is InChI=1S/C15H13ClN/c1-11-7-8-12(2)17-15(11)10-9-13-5-3-4-6-14(13)16/h3-10H,1H2,2H3. The molecule has 0 saturated carbocycles. The van der Waals surface area contributed by atoms with E-state index in [1.165, 1.54) is 0 Å². The minimum absolute atomic E-state index is 0.738. The maximum Gasteiger partial charge on any atom is 0.0665 e. The molecule has 0 saturated heterocycles. The zero-order valence-corrected chi connectivity index (χ0v) is 10.4. The van der Waals surface area contributed by atoms with E-state index >= 15 is 0 Å². The van der Waals surface area contributed by atoms with Crippen molar-refractivity contribution in [2.24, 2.45) is 0 Å². The molecule has 85 valence electrons. The summed E-state index contributed by atoms with van der Waals surface area (Å²) in [5.74, 6) is 0. The molecule has 1 aromatic heterocycles. The summed E-state index contributed by atoms with van der Waals surface area (Å²) < 4.78 is 0. The molecule has 0 bridgehead atoms. The first kappa shape index (κ1) is 11.9. The molecule has 0 aliphatic carbocycles. The first-order valence-electron chi connectivity index (χ1n) is 5.39. The number of aromatic nitrogens is 1. The molecule has 1 nitrogen and oxygen atoms in total. The van der Waals surface area contributed by atoms with Gasteiger partial charge in [0.2, 0.25) is 0 Å². The summed E-state index contributed by atoms with van der Waals surface area (Å²) in [6, 6.07) is 11.6. The van der Waals surface area contributed by atoms with E-state index in [9.17, 15) is 0 Å². The maximum absolute atomic E-state index is 6.07. The molecule has 1 radical (unpaired) electrons. The van der Waals surface area contributed by atoms with Crippen LogP contribution in [0.15, 0.2) is 36.4 Å². The third-order valence-electron chi connectivity index (χ3n) is 2.48. The van der Waals surface area contributed by atoms with Gasteiger partial charge in [-0.15, -0.1) is 0 Å². The highest BCUT2D eigenvalue weighted by Gasteiger charge is 1.97. The molecule has 0 atom stereocenters. The number of aryl methyl sites for hydroxylation is 1. The number of rotatable bonds is 2. The molecule has 0 amide bonds. The van der Waals surface area contributed by atoms with Gasteiger partial charge in [0.15, 0.2) is 0 Å². The lowest BCUT2D eigenvalue weighted by molar-refractivity contribution is 1.17. The summed E-state index contributed by atoms with van der Waals surface area (Å²) >= 11 is 6.07. The lowest BCUT2D eigenvalue weighted by atomic mass is 10.1. The first-order chi connectivity index (χ1) is 8.16. The molecule has 1 aromatic carbocycles. The molecule has 0 N–H and O–H groups in total. The average molecular weight is 243 g/mol. The van der Waals surface area contributed by atoms with Crippen molar-refractivity contribution in [3.63, 3.8) is 0 Å². The monoisotopic (exact) mass is 242 g/mol. The molecular formula is C15H13ClN. The van der Waals surface area contributed by atoms with Crippen molar-refractivity contribution in [1.82, 2.24) is 4.98 Å². The van der Waals surface area contributed by atoms with Crippen molar-refractivity contribution in [2.45, 2.75) is 6.92 Å². The van der Waals surface area contributed by atoms with E-state index in [0.717, 1.165) is 27.5 Å². The number of hydrogen-bond donors (Lipinski definition) is 0. The Labute approximate surface area is 107 Å². The summed E-state index contributed by atoms with van der Waals surface area (Å²) in [5.41, 5.74) is 3.76. The third-order valence-corrected chi connectivity index (χ3v) is 2.82. The fourth-order valence-corrected chi connectivity index (χ4v) is 1.73. The Morgan fingerprint density at radius 1 is 1.12 bits per heavy atom. The van der Waals surface area contributed by atoms with Gasteiger partial charge >= 0.3 is 0 Å². The smallest absolute Gasteiger partial charge is 0.0665 e. The van der Waals surface area contributed by atoms with Gasteiger partial charge in [-0.1, -0.05) is 41.9 Å². The largest absolute Gasteiger partial charge is 0.253 e. The van der Waals surface area contributed by atoms with Crippen molar-refractivity contribution in [3.05, 3.63) is 70.9 Å². The molecule has 0 aliphatic rings. The van der Waals surface area contributed by atoms with Crippen molar-refractivity contribution in [2.75, 3.05) is 0 Å². The number of hydrogen-bond acceptors (Lipinski definition) is 1. The highest BCUT2D eigenvalue weighted by molar-refractivity contribution is 6.32. The van der Waals surface area contributed by atoms with Crippen molar-refractivity contribution in [3.8, 4) is 0 Å². The van der Waals surface area contributed by atoms with Crippen LogP contribution in [0.4, 0.5) is 0 Å². The Kier molecular flexibility index (Phi) is 3.60. The van der Waals surface area contributed by atoms with Crippen LogP contribution in [0.1, 0.15) is 22.5 Å². The van der Waals surface area contributed by atoms with E-state index in [0.29, 0.717) is 0 Å². The van der Waals surface area contributed by atoms with E-state index in [-0.39, 0.29) is 0 Å². The van der Waals surface area contributed by atoms with Gasteiger partial charge in [-0.05, 0) is 43.2 Å². The number of nitrogens with zero attached hydrogens (tertiary/aromatic N) is 1. The van der Waals surface area contributed by atoms with Gasteiger partial charge in [0.05, 0.1) is 5.69 Å². The Morgan fingerprint density at radius 2 is 1.88 bits per heavy atom. The van der Waals surface area contributed by atoms with Crippen LogP contribution in [0.5, 0.6) is 0 Å². The summed E-state index contributed by atoms with van der Waals surface area (Å²) in [4.78, 5) is 4.43. The molecule has 17 heavy (non-hydrogen) atoms. The molecule has 0 aliphatic heterocycles. The predicted molar refractivity (Wildman–Crippen MR) is 73.8 cm³/mol. The van der Waals surface area contributed by atoms with Crippen LogP contribution in [0.2, 0.25) is 5.02 Å². The van der Waals surface area contributed by atoms with Crippen LogP contribution < -0.4 is 0 Å². The van der Waals surface area contributed by atoms with Crippen LogP contribution in [-0.2, 0) is 0 Å². The van der Waals surface area contributed by atoms with Crippen molar-refractivity contribution in [1.29, 1.82) is 0 Å². The van der Waals surface area contributed by atoms with Crippen molar-refractivity contribution >= 4 is 23.8 Å². The first-order valence-corrected chi connectivity index (χ1v) is 5.77. The number of halogens is 1. The third kappa shape index (κ3) is 2.95. The lowest BCUT2D eigenvalue weighted by Crippen LogP contribution is -1.88. The quantitative estimate of drug-likeness (QED) is 0.761. The van der Waals surface area contributed by atoms with Crippen LogP contribution in [-0.4, -0.2) is 4.98 Å². The Morgan fingerprint density at radius 3 is 2.65 bits per heavy atom. The van der Waals surface area contributed by atoms with E-state index in [1.54, 1.807) is 0 Å². The second kappa shape index (κ2) is 5.15. The normalized spacial score (nSPS) is 11.0. The Bertz CT molecular complexity index is 559. The topological polar surface area (TPSA) is 12.9 Å². The second-order valence-corrected chi connectivity index (χ2v) is 4.26. The number of pyridine rings is 1. The predicted octanol–water partition coefficient (Wildman–Crippen LogP) is 4.40. The van der Waals surface area contributed by atoms with Crippen LogP contribution in [0.3, 0.4) is 0 Å². The Balaban J connectivity index is 2.32. The van der Waals surface area contributed by atoms with Crippen LogP contribution in [0, 0.1) is 13.8 Å². The van der Waals surface area contributed by atoms with Gasteiger partial charge in [-0.2, -0.15) is 0 Å².